The normalized spacial score (nSPS) is 21.6. The number of esters is 1. The number of piperazine rings is 2. The Kier molecular flexibility index (Phi) is 17.0. The average Bonchev–Trinajstić information content (AvgIpc) is 1.71. The Morgan fingerprint density at radius 1 is 0.705 bits per heavy atom. The molecule has 0 radical (unpaired) electrons. The van der Waals surface area contributed by atoms with E-state index in [1.54, 1.807) is 81.4 Å². The Hall–Kier alpha value is -7.54. The minimum Gasteiger partial charge on any atom is -0.459 e. The number of carbonyl (C=O) groups is 5. The van der Waals surface area contributed by atoms with E-state index in [1.165, 1.54) is 63.5 Å². The molecule has 0 saturated carbocycles. The van der Waals surface area contributed by atoms with Gasteiger partial charge >= 0.3 is 11.9 Å². The van der Waals surface area contributed by atoms with Crippen molar-refractivity contribution in [2.75, 3.05) is 68.8 Å². The molecule has 0 bridgehead atoms. The third-order valence-electron chi connectivity index (χ3n) is 16.6. The number of amides is 4. The maximum atomic E-state index is 15.1. The SMILES string of the molecule is CCOC(=O)C(=O)N1CCN(S(=O)(=O)C2C(C)N=C3N(c4cc(Cl)c(CCC(=O)N5CCN(S(=O)(=O)c6cnc7n6[C@](C)(Cc6ccc(-c8cncnc8)cc6)C(=O)N7c6cc(Cl)cc(Cl)c6)CC5)c(Cl)c4)C(=O)[C@@](C)(Cc4ccc(C#N)cc4)N32)CC1. The van der Waals surface area contributed by atoms with Crippen molar-refractivity contribution >= 4 is 119 Å². The number of halogens is 4. The van der Waals surface area contributed by atoms with Gasteiger partial charge in [0.05, 0.1) is 41.9 Å². The Bertz CT molecular complexity index is 4080. The number of imidazole rings is 1. The molecule has 0 N–H and O–H groups in total. The van der Waals surface area contributed by atoms with E-state index in [0.717, 1.165) is 16.7 Å². The van der Waals surface area contributed by atoms with Gasteiger partial charge in [0.25, 0.3) is 21.8 Å². The molecule has 2 aromatic heterocycles. The van der Waals surface area contributed by atoms with E-state index in [4.69, 9.17) is 56.1 Å². The number of aromatic nitrogens is 4. The van der Waals surface area contributed by atoms with Crippen molar-refractivity contribution in [2.24, 2.45) is 4.99 Å². The number of ether oxygens (including phenoxy) is 1. The van der Waals surface area contributed by atoms with Crippen LogP contribution < -0.4 is 9.80 Å². The molecule has 23 nitrogen and oxygen atoms in total. The number of sulfonamides is 2. The Balaban J connectivity index is 0.795. The summed E-state index contributed by atoms with van der Waals surface area (Å²) in [6.07, 6.45) is 6.05. The quantitative estimate of drug-likeness (QED) is 0.0765. The first-order valence-corrected chi connectivity index (χ1v) is 32.5. The van der Waals surface area contributed by atoms with Crippen molar-refractivity contribution in [3.63, 3.8) is 0 Å². The Morgan fingerprint density at radius 2 is 1.26 bits per heavy atom. The van der Waals surface area contributed by atoms with Gasteiger partial charge in [-0.25, -0.2) is 51.4 Å². The Morgan fingerprint density at radius 3 is 1.86 bits per heavy atom. The molecule has 0 aliphatic carbocycles. The lowest BCUT2D eigenvalue weighted by Gasteiger charge is -2.40. The number of anilines is 3. The highest BCUT2D eigenvalue weighted by atomic mass is 35.5. The highest BCUT2D eigenvalue weighted by Crippen LogP contribution is 2.47. The minimum atomic E-state index is -4.38. The molecule has 11 rings (SSSR count). The molecule has 3 saturated heterocycles. The van der Waals surface area contributed by atoms with E-state index in [9.17, 15) is 41.3 Å². The van der Waals surface area contributed by atoms with Gasteiger partial charge in [0, 0.05) is 110 Å². The molecule has 7 heterocycles. The number of aliphatic imine (C=N–C) groups is 1. The molecule has 2 unspecified atom stereocenters. The molecule has 5 aliphatic heterocycles. The fraction of sp³-hybridized carbons (Fsp3) is 0.356. The van der Waals surface area contributed by atoms with Crippen molar-refractivity contribution in [3.05, 3.63) is 146 Å². The number of guanidine groups is 1. The van der Waals surface area contributed by atoms with Gasteiger partial charge in [0.1, 0.15) is 17.4 Å². The number of hydrogen-bond acceptors (Lipinski definition) is 16. The summed E-state index contributed by atoms with van der Waals surface area (Å²) in [5.74, 6) is -3.15. The lowest BCUT2D eigenvalue weighted by atomic mass is 9.90. The maximum absolute atomic E-state index is 15.1. The molecule has 4 atom stereocenters. The molecule has 4 amide bonds. The van der Waals surface area contributed by atoms with Crippen LogP contribution in [0.4, 0.5) is 17.3 Å². The van der Waals surface area contributed by atoms with Crippen LogP contribution in [0.5, 0.6) is 0 Å². The summed E-state index contributed by atoms with van der Waals surface area (Å²) in [5, 5.41) is 8.60. The first-order chi connectivity index (χ1) is 41.9. The third kappa shape index (κ3) is 11.2. The van der Waals surface area contributed by atoms with Gasteiger partial charge in [-0.05, 0) is 98.8 Å². The van der Waals surface area contributed by atoms with Crippen LogP contribution in [-0.4, -0.2) is 171 Å². The molecule has 3 fully saturated rings. The summed E-state index contributed by atoms with van der Waals surface area (Å²) in [6, 6.07) is 22.8. The van der Waals surface area contributed by atoms with Crippen molar-refractivity contribution in [1.82, 2.24) is 42.8 Å². The van der Waals surface area contributed by atoms with Crippen LogP contribution in [0.3, 0.4) is 0 Å². The van der Waals surface area contributed by atoms with E-state index >= 15 is 4.79 Å². The highest BCUT2D eigenvalue weighted by Gasteiger charge is 2.63. The van der Waals surface area contributed by atoms with Gasteiger partial charge < -0.3 is 19.4 Å². The molecule has 5 aliphatic rings. The number of nitrogens with zero attached hydrogens (tertiary/aromatic N) is 13. The van der Waals surface area contributed by atoms with Crippen LogP contribution in [0.15, 0.2) is 114 Å². The van der Waals surface area contributed by atoms with Crippen molar-refractivity contribution in [2.45, 2.75) is 80.9 Å². The number of fused-ring (bicyclic) bond motifs is 2. The third-order valence-corrected chi connectivity index (χ3v) is 21.9. The zero-order chi connectivity index (χ0) is 62.8. The topological polar surface area (TPSA) is 265 Å². The molecule has 458 valence electrons. The van der Waals surface area contributed by atoms with Crippen LogP contribution in [0, 0.1) is 11.3 Å². The number of rotatable bonds is 15. The zero-order valence-electron chi connectivity index (χ0n) is 47.9. The van der Waals surface area contributed by atoms with Crippen molar-refractivity contribution < 1.29 is 45.5 Å². The molecule has 0 spiro atoms. The second-order valence-corrected chi connectivity index (χ2v) is 27.8. The number of nitriles is 1. The van der Waals surface area contributed by atoms with Crippen LogP contribution in [0.25, 0.3) is 11.1 Å². The van der Waals surface area contributed by atoms with Gasteiger partial charge in [-0.3, -0.25) is 23.7 Å². The van der Waals surface area contributed by atoms with Crippen molar-refractivity contribution in [3.8, 4) is 17.2 Å². The summed E-state index contributed by atoms with van der Waals surface area (Å²) in [6.45, 7) is 5.93. The smallest absolute Gasteiger partial charge is 0.397 e. The van der Waals surface area contributed by atoms with E-state index in [2.05, 4.69) is 21.0 Å². The number of carbonyl (C=O) groups excluding carboxylic acids is 5. The van der Waals surface area contributed by atoms with Crippen LogP contribution in [-0.2, 0) is 73.6 Å². The number of hydrogen-bond donors (Lipinski definition) is 0. The standard InChI is InChI=1S/C59H57Cl4N13O10S2/c1-5-86-53(79)51(78)70-18-22-72(23-19-70)88(84,85)52-36(2)68-57-74(55(81)59(4,76(52)57)30-37-6-8-39(31-64)9-7-37)45-27-47(62)46(48(63)28-45)14-15-49(77)69-16-20-71(21-17-69)87(82,83)50-34-67-56-73(44-25-42(60)24-43(61)26-44)54(80)58(3,75(50)56)29-38-10-12-40(13-11-38)41-32-65-35-66-33-41/h6-13,24-28,32-36,52H,5,14-23,29-30H2,1-4H3/t36?,52?,58-,59-/m1/s1. The molecular weight excluding hydrogens is 1260 g/mol. The van der Waals surface area contributed by atoms with Gasteiger partial charge in [0.15, 0.2) is 10.4 Å². The van der Waals surface area contributed by atoms with Gasteiger partial charge in [-0.2, -0.15) is 13.9 Å². The summed E-state index contributed by atoms with van der Waals surface area (Å²) < 4.78 is 68.3. The van der Waals surface area contributed by atoms with Gasteiger partial charge in [-0.1, -0.05) is 82.8 Å². The Labute approximate surface area is 527 Å². The lowest BCUT2D eigenvalue weighted by Crippen LogP contribution is -2.61. The first-order valence-electron chi connectivity index (χ1n) is 28.0. The van der Waals surface area contributed by atoms with E-state index < -0.39 is 66.2 Å². The fourth-order valence-electron chi connectivity index (χ4n) is 12.2. The summed E-state index contributed by atoms with van der Waals surface area (Å²) in [4.78, 5) is 93.4. The summed E-state index contributed by atoms with van der Waals surface area (Å²) in [7, 11) is -8.71. The number of benzene rings is 4. The van der Waals surface area contributed by atoms with Crippen LogP contribution in [0.1, 0.15) is 56.4 Å². The first kappa shape index (κ1) is 62.1. The van der Waals surface area contributed by atoms with E-state index in [1.807, 2.05) is 24.3 Å². The van der Waals surface area contributed by atoms with Gasteiger partial charge in [0.2, 0.25) is 27.8 Å². The average molecular weight is 1310 g/mol. The predicted molar refractivity (Wildman–Crippen MR) is 328 cm³/mol. The molecule has 88 heavy (non-hydrogen) atoms. The predicted octanol–water partition coefficient (Wildman–Crippen LogP) is 6.70. The second kappa shape index (κ2) is 24.1. The largest absolute Gasteiger partial charge is 0.459 e. The van der Waals surface area contributed by atoms with E-state index in [-0.39, 0.29) is 133 Å². The zero-order valence-corrected chi connectivity index (χ0v) is 52.5. The van der Waals surface area contributed by atoms with Crippen LogP contribution in [0.2, 0.25) is 20.1 Å². The molecule has 4 aromatic carbocycles. The molecular formula is C59H57Cl4N13O10S2. The van der Waals surface area contributed by atoms with Crippen LogP contribution >= 0.6 is 46.4 Å². The molecule has 29 heteroatoms. The fourth-order valence-corrected chi connectivity index (χ4v) is 17.1. The summed E-state index contributed by atoms with van der Waals surface area (Å²) in [5.41, 5.74) is 1.11. The minimum absolute atomic E-state index is 0.00219. The second-order valence-electron chi connectivity index (χ2n) is 22.2. The lowest BCUT2D eigenvalue weighted by molar-refractivity contribution is -0.160. The summed E-state index contributed by atoms with van der Waals surface area (Å²) >= 11 is 26.9. The van der Waals surface area contributed by atoms with Crippen molar-refractivity contribution in [1.29, 1.82) is 5.26 Å². The highest BCUT2D eigenvalue weighted by molar-refractivity contribution is 7.89. The molecule has 6 aromatic rings. The van der Waals surface area contributed by atoms with E-state index in [0.29, 0.717) is 22.4 Å². The monoisotopic (exact) mass is 1310 g/mol. The maximum Gasteiger partial charge on any atom is 0.397 e. The van der Waals surface area contributed by atoms with Gasteiger partial charge in [-0.15, -0.1) is 0 Å².